The summed E-state index contributed by atoms with van der Waals surface area (Å²) in [7, 11) is 0. The highest BCUT2D eigenvalue weighted by molar-refractivity contribution is 5.28. The van der Waals surface area contributed by atoms with Crippen LogP contribution in [0.4, 0.5) is 0 Å². The van der Waals surface area contributed by atoms with Crippen molar-refractivity contribution in [1.82, 2.24) is 5.43 Å². The number of unbranched alkanes of at least 4 members (excludes halogenated alkanes) is 6. The van der Waals surface area contributed by atoms with Crippen molar-refractivity contribution in [2.75, 3.05) is 0 Å². The summed E-state index contributed by atoms with van der Waals surface area (Å²) in [5.41, 5.74) is 5.64. The Bertz CT molecular complexity index is 336. The Kier molecular flexibility index (Phi) is 8.52. The van der Waals surface area contributed by atoms with Crippen LogP contribution in [0.1, 0.15) is 75.5 Å². The molecule has 1 rings (SSSR count). The second kappa shape index (κ2) is 9.99. The summed E-state index contributed by atoms with van der Waals surface area (Å²) in [6.45, 7) is 4.42. The van der Waals surface area contributed by atoms with Gasteiger partial charge in [-0.05, 0) is 24.5 Å². The van der Waals surface area contributed by atoms with E-state index in [2.05, 4.69) is 43.5 Å². The van der Waals surface area contributed by atoms with Crippen LogP contribution in [0.3, 0.4) is 0 Å². The average molecular weight is 262 g/mol. The summed E-state index contributed by atoms with van der Waals surface area (Å²) < 4.78 is 0. The number of rotatable bonds is 10. The fourth-order valence-corrected chi connectivity index (χ4v) is 2.61. The minimum absolute atomic E-state index is 0.303. The minimum Gasteiger partial charge on any atom is -0.271 e. The topological polar surface area (TPSA) is 38.0 Å². The van der Waals surface area contributed by atoms with Crippen LogP contribution in [0.25, 0.3) is 0 Å². The van der Waals surface area contributed by atoms with E-state index in [-0.39, 0.29) is 0 Å². The lowest BCUT2D eigenvalue weighted by Crippen LogP contribution is -2.28. The molecule has 0 aliphatic heterocycles. The maximum Gasteiger partial charge on any atom is 0.0462 e. The Morgan fingerprint density at radius 2 is 1.63 bits per heavy atom. The Morgan fingerprint density at radius 3 is 2.26 bits per heavy atom. The van der Waals surface area contributed by atoms with Gasteiger partial charge in [0.1, 0.15) is 0 Å². The Hall–Kier alpha value is -0.860. The number of hydrazine groups is 1. The van der Waals surface area contributed by atoms with Gasteiger partial charge in [0.25, 0.3) is 0 Å². The third kappa shape index (κ3) is 6.22. The van der Waals surface area contributed by atoms with Gasteiger partial charge in [-0.1, -0.05) is 76.1 Å². The van der Waals surface area contributed by atoms with E-state index in [0.29, 0.717) is 6.04 Å². The molecule has 0 saturated heterocycles. The number of nitrogens with one attached hydrogen (secondary N) is 1. The number of nitrogens with two attached hydrogens (primary N) is 1. The summed E-state index contributed by atoms with van der Waals surface area (Å²) in [5.74, 6) is 5.70. The molecule has 108 valence electrons. The average Bonchev–Trinajstić information content (AvgIpc) is 2.43. The largest absolute Gasteiger partial charge is 0.271 e. The zero-order chi connectivity index (χ0) is 13.9. The summed E-state index contributed by atoms with van der Waals surface area (Å²) in [6, 6.07) is 8.82. The van der Waals surface area contributed by atoms with Gasteiger partial charge in [-0.3, -0.25) is 11.3 Å². The zero-order valence-corrected chi connectivity index (χ0v) is 12.6. The van der Waals surface area contributed by atoms with Gasteiger partial charge in [0.2, 0.25) is 0 Å². The maximum atomic E-state index is 5.70. The summed E-state index contributed by atoms with van der Waals surface area (Å²) in [4.78, 5) is 0. The number of hydrogen-bond acceptors (Lipinski definition) is 2. The molecule has 1 aromatic rings. The lowest BCUT2D eigenvalue weighted by Gasteiger charge is -2.18. The van der Waals surface area contributed by atoms with Crippen molar-refractivity contribution in [2.24, 2.45) is 5.84 Å². The molecule has 0 heterocycles. The van der Waals surface area contributed by atoms with E-state index in [1.807, 2.05) is 0 Å². The van der Waals surface area contributed by atoms with Crippen LogP contribution in [-0.2, 0) is 0 Å². The van der Waals surface area contributed by atoms with E-state index in [9.17, 15) is 0 Å². The van der Waals surface area contributed by atoms with Crippen LogP contribution in [0.2, 0.25) is 0 Å². The number of benzene rings is 1. The lowest BCUT2D eigenvalue weighted by molar-refractivity contribution is 0.474. The van der Waals surface area contributed by atoms with Gasteiger partial charge in [-0.15, -0.1) is 0 Å². The Labute approximate surface area is 118 Å². The van der Waals surface area contributed by atoms with E-state index in [1.54, 1.807) is 0 Å². The lowest BCUT2D eigenvalue weighted by atomic mass is 9.96. The summed E-state index contributed by atoms with van der Waals surface area (Å²) in [6.07, 6.45) is 10.6. The smallest absolute Gasteiger partial charge is 0.0462 e. The van der Waals surface area contributed by atoms with Crippen molar-refractivity contribution in [3.8, 4) is 0 Å². The van der Waals surface area contributed by atoms with Crippen LogP contribution < -0.4 is 11.3 Å². The van der Waals surface area contributed by atoms with E-state index < -0.39 is 0 Å². The molecule has 0 aromatic heterocycles. The van der Waals surface area contributed by atoms with Crippen LogP contribution in [0.5, 0.6) is 0 Å². The summed E-state index contributed by atoms with van der Waals surface area (Å²) >= 11 is 0. The molecule has 0 bridgehead atoms. The number of hydrogen-bond donors (Lipinski definition) is 2. The van der Waals surface area contributed by atoms with Crippen molar-refractivity contribution in [2.45, 2.75) is 71.3 Å². The SMILES string of the molecule is CCCCCCCCCC(NN)c1ccccc1C. The van der Waals surface area contributed by atoms with Gasteiger partial charge in [-0.2, -0.15) is 0 Å². The highest BCUT2D eigenvalue weighted by Gasteiger charge is 2.10. The van der Waals surface area contributed by atoms with E-state index >= 15 is 0 Å². The fourth-order valence-electron chi connectivity index (χ4n) is 2.61. The van der Waals surface area contributed by atoms with Gasteiger partial charge < -0.3 is 0 Å². The minimum atomic E-state index is 0.303. The second-order valence-electron chi connectivity index (χ2n) is 5.49. The Balaban J connectivity index is 2.24. The third-order valence-corrected chi connectivity index (χ3v) is 3.86. The van der Waals surface area contributed by atoms with Gasteiger partial charge in [0, 0.05) is 6.04 Å². The molecule has 0 aliphatic rings. The predicted molar refractivity (Wildman–Crippen MR) is 83.9 cm³/mol. The molecule has 1 atom stereocenters. The molecule has 0 fully saturated rings. The fraction of sp³-hybridized carbons (Fsp3) is 0.647. The third-order valence-electron chi connectivity index (χ3n) is 3.86. The molecular formula is C17H30N2. The molecule has 0 spiro atoms. The van der Waals surface area contributed by atoms with E-state index in [1.165, 1.54) is 56.1 Å². The first kappa shape index (κ1) is 16.2. The van der Waals surface area contributed by atoms with Gasteiger partial charge in [-0.25, -0.2) is 0 Å². The monoisotopic (exact) mass is 262 g/mol. The van der Waals surface area contributed by atoms with Crippen LogP contribution >= 0.6 is 0 Å². The quantitative estimate of drug-likeness (QED) is 0.366. The highest BCUT2D eigenvalue weighted by Crippen LogP contribution is 2.22. The predicted octanol–water partition coefficient (Wildman–Crippen LogP) is 4.64. The number of aryl methyl sites for hydroxylation is 1. The summed E-state index contributed by atoms with van der Waals surface area (Å²) in [5, 5.41) is 0. The molecule has 1 aromatic carbocycles. The van der Waals surface area contributed by atoms with Gasteiger partial charge >= 0.3 is 0 Å². The van der Waals surface area contributed by atoms with Crippen molar-refractivity contribution < 1.29 is 0 Å². The highest BCUT2D eigenvalue weighted by atomic mass is 15.2. The molecule has 0 amide bonds. The van der Waals surface area contributed by atoms with Crippen LogP contribution in [-0.4, -0.2) is 0 Å². The molecular weight excluding hydrogens is 232 g/mol. The molecule has 0 saturated carbocycles. The van der Waals surface area contributed by atoms with Crippen molar-refractivity contribution in [3.05, 3.63) is 35.4 Å². The van der Waals surface area contributed by atoms with Crippen LogP contribution in [0, 0.1) is 6.92 Å². The van der Waals surface area contributed by atoms with E-state index in [4.69, 9.17) is 5.84 Å². The molecule has 0 radical (unpaired) electrons. The molecule has 1 unspecified atom stereocenters. The molecule has 0 aliphatic carbocycles. The zero-order valence-electron chi connectivity index (χ0n) is 12.6. The van der Waals surface area contributed by atoms with Gasteiger partial charge in [0.15, 0.2) is 0 Å². The first-order chi connectivity index (χ1) is 9.29. The van der Waals surface area contributed by atoms with Gasteiger partial charge in [0.05, 0.1) is 0 Å². The van der Waals surface area contributed by atoms with Crippen molar-refractivity contribution in [1.29, 1.82) is 0 Å². The second-order valence-corrected chi connectivity index (χ2v) is 5.49. The van der Waals surface area contributed by atoms with Crippen molar-refractivity contribution in [3.63, 3.8) is 0 Å². The first-order valence-electron chi connectivity index (χ1n) is 7.81. The maximum absolute atomic E-state index is 5.70. The molecule has 2 nitrogen and oxygen atoms in total. The molecule has 19 heavy (non-hydrogen) atoms. The first-order valence-corrected chi connectivity index (χ1v) is 7.81. The normalized spacial score (nSPS) is 12.6. The van der Waals surface area contributed by atoms with E-state index in [0.717, 1.165) is 6.42 Å². The molecule has 3 N–H and O–H groups in total. The standard InChI is InChI=1S/C17H30N2/c1-3-4-5-6-7-8-9-14-17(19-18)16-13-11-10-12-15(16)2/h10-13,17,19H,3-9,14,18H2,1-2H3. The Morgan fingerprint density at radius 1 is 1.00 bits per heavy atom. The van der Waals surface area contributed by atoms with Crippen LogP contribution in [0.15, 0.2) is 24.3 Å². The molecule has 2 heteroatoms. The van der Waals surface area contributed by atoms with Crippen molar-refractivity contribution >= 4 is 0 Å².